The second kappa shape index (κ2) is 5.17. The van der Waals surface area contributed by atoms with Crippen molar-refractivity contribution in [3.8, 4) is 0 Å². The average Bonchev–Trinajstić information content (AvgIpc) is 2.90. The van der Waals surface area contributed by atoms with E-state index in [1.54, 1.807) is 4.72 Å². The molecule has 0 aliphatic rings. The van der Waals surface area contributed by atoms with Crippen LogP contribution in [0.15, 0.2) is 29.3 Å². The number of halogens is 2. The van der Waals surface area contributed by atoms with Gasteiger partial charge >= 0.3 is 5.97 Å². The number of aromatic amines is 1. The number of rotatable bonds is 4. The van der Waals surface area contributed by atoms with Crippen molar-refractivity contribution in [3.05, 3.63) is 47.3 Å². The summed E-state index contributed by atoms with van der Waals surface area (Å²) in [7, 11) is -4.31. The van der Waals surface area contributed by atoms with Crippen molar-refractivity contribution in [2.45, 2.75) is 11.8 Å². The van der Waals surface area contributed by atoms with E-state index in [1.165, 1.54) is 13.0 Å². The van der Waals surface area contributed by atoms with Crippen molar-refractivity contribution < 1.29 is 27.1 Å². The summed E-state index contributed by atoms with van der Waals surface area (Å²) < 4.78 is 53.1. The van der Waals surface area contributed by atoms with Gasteiger partial charge in [0, 0.05) is 6.20 Å². The number of aromatic carboxylic acids is 1. The van der Waals surface area contributed by atoms with Crippen LogP contribution in [0.25, 0.3) is 0 Å². The first-order valence-corrected chi connectivity index (χ1v) is 7.10. The Morgan fingerprint density at radius 1 is 1.33 bits per heavy atom. The fourth-order valence-electron chi connectivity index (χ4n) is 1.60. The third kappa shape index (κ3) is 2.87. The number of aromatic nitrogens is 1. The highest BCUT2D eigenvalue weighted by Gasteiger charge is 2.22. The van der Waals surface area contributed by atoms with Crippen LogP contribution < -0.4 is 4.72 Å². The van der Waals surface area contributed by atoms with Gasteiger partial charge in [-0.05, 0) is 24.6 Å². The van der Waals surface area contributed by atoms with Crippen LogP contribution in [0, 0.1) is 18.6 Å². The number of sulfonamides is 1. The number of nitrogens with one attached hydrogen (secondary N) is 2. The van der Waals surface area contributed by atoms with Gasteiger partial charge in [-0.25, -0.2) is 22.0 Å². The van der Waals surface area contributed by atoms with Crippen LogP contribution in [-0.4, -0.2) is 24.5 Å². The summed E-state index contributed by atoms with van der Waals surface area (Å²) in [6, 6.07) is 2.94. The lowest BCUT2D eigenvalue weighted by Gasteiger charge is -2.10. The molecular formula is C12H10F2N2O4S. The van der Waals surface area contributed by atoms with Crippen LogP contribution in [-0.2, 0) is 10.0 Å². The molecule has 1 aromatic heterocycles. The Morgan fingerprint density at radius 3 is 2.57 bits per heavy atom. The number of carboxylic acid groups (broad SMARTS) is 1. The molecule has 112 valence electrons. The van der Waals surface area contributed by atoms with Crippen LogP contribution >= 0.6 is 0 Å². The van der Waals surface area contributed by atoms with E-state index < -0.39 is 38.2 Å². The molecule has 0 saturated carbocycles. The van der Waals surface area contributed by atoms with Crippen molar-refractivity contribution in [3.63, 3.8) is 0 Å². The number of hydrogen-bond donors (Lipinski definition) is 3. The molecule has 0 unspecified atom stereocenters. The van der Waals surface area contributed by atoms with Gasteiger partial charge in [-0.15, -0.1) is 0 Å². The minimum Gasteiger partial charge on any atom is -0.477 e. The molecule has 0 radical (unpaired) electrons. The normalized spacial score (nSPS) is 11.4. The first-order chi connectivity index (χ1) is 9.72. The van der Waals surface area contributed by atoms with Crippen molar-refractivity contribution >= 4 is 21.7 Å². The lowest BCUT2D eigenvalue weighted by atomic mass is 10.2. The fourth-order valence-corrected chi connectivity index (χ4v) is 2.66. The van der Waals surface area contributed by atoms with E-state index in [1.807, 2.05) is 0 Å². The summed E-state index contributed by atoms with van der Waals surface area (Å²) >= 11 is 0. The fraction of sp³-hybridized carbons (Fsp3) is 0.0833. The Hall–Kier alpha value is -2.42. The molecule has 0 aliphatic carbocycles. The van der Waals surface area contributed by atoms with E-state index in [0.29, 0.717) is 0 Å². The molecule has 9 heteroatoms. The first-order valence-electron chi connectivity index (χ1n) is 5.61. The molecular weight excluding hydrogens is 306 g/mol. The van der Waals surface area contributed by atoms with E-state index >= 15 is 0 Å². The number of hydrogen-bond acceptors (Lipinski definition) is 3. The molecule has 0 saturated heterocycles. The standard InChI is InChI=1S/C12H10F2N2O4S/c1-6-2-3-8(13)11(10(6)14)16-21(19,20)7-4-9(12(17)18)15-5-7/h2-5,15-16H,1H3,(H,17,18). The summed E-state index contributed by atoms with van der Waals surface area (Å²) in [5.41, 5.74) is -1.11. The number of anilines is 1. The van der Waals surface area contributed by atoms with Crippen LogP contribution in [0.2, 0.25) is 0 Å². The Morgan fingerprint density at radius 2 is 2.00 bits per heavy atom. The van der Waals surface area contributed by atoms with Crippen molar-refractivity contribution in [1.29, 1.82) is 0 Å². The molecule has 0 amide bonds. The van der Waals surface area contributed by atoms with Crippen LogP contribution in [0.1, 0.15) is 16.1 Å². The van der Waals surface area contributed by atoms with E-state index in [2.05, 4.69) is 4.98 Å². The van der Waals surface area contributed by atoms with Gasteiger partial charge < -0.3 is 10.1 Å². The van der Waals surface area contributed by atoms with Crippen LogP contribution in [0.4, 0.5) is 14.5 Å². The highest BCUT2D eigenvalue weighted by atomic mass is 32.2. The third-order valence-corrected chi connectivity index (χ3v) is 4.05. The zero-order valence-electron chi connectivity index (χ0n) is 10.6. The minimum atomic E-state index is -4.31. The maximum Gasteiger partial charge on any atom is 0.352 e. The molecule has 0 atom stereocenters. The highest BCUT2D eigenvalue weighted by molar-refractivity contribution is 7.92. The van der Waals surface area contributed by atoms with Gasteiger partial charge in [0.1, 0.15) is 22.1 Å². The number of carboxylic acids is 1. The quantitative estimate of drug-likeness (QED) is 0.804. The lowest BCUT2D eigenvalue weighted by molar-refractivity contribution is 0.0691. The topological polar surface area (TPSA) is 99.3 Å². The molecule has 1 aromatic carbocycles. The third-order valence-electron chi connectivity index (χ3n) is 2.72. The van der Waals surface area contributed by atoms with E-state index in [-0.39, 0.29) is 11.3 Å². The molecule has 2 aromatic rings. The predicted octanol–water partition coefficient (Wildman–Crippen LogP) is 2.10. The monoisotopic (exact) mass is 316 g/mol. The van der Waals surface area contributed by atoms with Crippen molar-refractivity contribution in [1.82, 2.24) is 4.98 Å². The summed E-state index contributed by atoms with van der Waals surface area (Å²) in [4.78, 5) is 12.5. The first kappa shape index (κ1) is 15.0. The van der Waals surface area contributed by atoms with E-state index in [4.69, 9.17) is 5.11 Å². The van der Waals surface area contributed by atoms with Gasteiger partial charge in [-0.2, -0.15) is 0 Å². The van der Waals surface area contributed by atoms with Crippen LogP contribution in [0.3, 0.4) is 0 Å². The summed E-state index contributed by atoms with van der Waals surface area (Å²) in [6.45, 7) is 1.35. The van der Waals surface area contributed by atoms with Crippen LogP contribution in [0.5, 0.6) is 0 Å². The Kier molecular flexibility index (Phi) is 3.69. The summed E-state index contributed by atoms with van der Waals surface area (Å²) in [6.07, 6.45) is 0.914. The summed E-state index contributed by atoms with van der Waals surface area (Å²) in [5.74, 6) is -3.47. The molecule has 1 heterocycles. The van der Waals surface area contributed by atoms with Gasteiger partial charge in [-0.3, -0.25) is 4.72 Å². The zero-order valence-corrected chi connectivity index (χ0v) is 11.5. The van der Waals surface area contributed by atoms with E-state index in [9.17, 15) is 22.0 Å². The highest BCUT2D eigenvalue weighted by Crippen LogP contribution is 2.25. The smallest absolute Gasteiger partial charge is 0.352 e. The maximum absolute atomic E-state index is 13.8. The number of H-pyrrole nitrogens is 1. The maximum atomic E-state index is 13.8. The minimum absolute atomic E-state index is 0.0643. The Balaban J connectivity index is 2.42. The van der Waals surface area contributed by atoms with Gasteiger partial charge in [0.2, 0.25) is 0 Å². The number of benzene rings is 1. The SMILES string of the molecule is Cc1ccc(F)c(NS(=O)(=O)c2c[nH]c(C(=O)O)c2)c1F. The van der Waals surface area contributed by atoms with E-state index in [0.717, 1.165) is 18.3 Å². The van der Waals surface area contributed by atoms with Gasteiger partial charge in [0.15, 0.2) is 5.82 Å². The molecule has 3 N–H and O–H groups in total. The molecule has 6 nitrogen and oxygen atoms in total. The lowest BCUT2D eigenvalue weighted by Crippen LogP contribution is -2.15. The molecule has 0 aliphatic heterocycles. The number of aryl methyl sites for hydroxylation is 1. The molecule has 0 bridgehead atoms. The largest absolute Gasteiger partial charge is 0.477 e. The summed E-state index contributed by atoms with van der Waals surface area (Å²) in [5, 5.41) is 8.71. The Labute approximate surface area is 118 Å². The molecule has 0 spiro atoms. The second-order valence-electron chi connectivity index (χ2n) is 4.21. The van der Waals surface area contributed by atoms with Gasteiger partial charge in [-0.1, -0.05) is 6.07 Å². The Bertz CT molecular complexity index is 815. The predicted molar refractivity (Wildman–Crippen MR) is 69.7 cm³/mol. The second-order valence-corrected chi connectivity index (χ2v) is 5.90. The van der Waals surface area contributed by atoms with Crippen molar-refractivity contribution in [2.75, 3.05) is 4.72 Å². The zero-order chi connectivity index (χ0) is 15.8. The average molecular weight is 316 g/mol. The molecule has 21 heavy (non-hydrogen) atoms. The molecule has 0 fully saturated rings. The van der Waals surface area contributed by atoms with Gasteiger partial charge in [0.05, 0.1) is 0 Å². The number of carbonyl (C=O) groups is 1. The van der Waals surface area contributed by atoms with Gasteiger partial charge in [0.25, 0.3) is 10.0 Å². The van der Waals surface area contributed by atoms with Crippen molar-refractivity contribution in [2.24, 2.45) is 0 Å². The molecule has 2 rings (SSSR count).